The first-order valence-corrected chi connectivity index (χ1v) is 12.8. The molecular formula is C28H30F7N5O2. The van der Waals surface area contributed by atoms with Crippen molar-refractivity contribution in [3.63, 3.8) is 0 Å². The molecule has 0 bridgehead atoms. The number of anilines is 1. The van der Waals surface area contributed by atoms with E-state index >= 15 is 0 Å². The topological polar surface area (TPSA) is 90.4 Å². The van der Waals surface area contributed by atoms with Gasteiger partial charge >= 0.3 is 18.3 Å². The summed E-state index contributed by atoms with van der Waals surface area (Å²) in [4.78, 5) is 22.4. The highest BCUT2D eigenvalue weighted by Crippen LogP contribution is 2.36. The molecule has 42 heavy (non-hydrogen) atoms. The van der Waals surface area contributed by atoms with Crippen molar-refractivity contribution >= 4 is 11.9 Å². The zero-order valence-corrected chi connectivity index (χ0v) is 23.2. The van der Waals surface area contributed by atoms with Crippen LogP contribution >= 0.6 is 0 Å². The molecule has 0 spiro atoms. The van der Waals surface area contributed by atoms with Gasteiger partial charge in [0.25, 0.3) is 0 Å². The quantitative estimate of drug-likeness (QED) is 0.313. The summed E-state index contributed by atoms with van der Waals surface area (Å²) in [6.07, 6.45) is -8.24. The number of hydrogen-bond donors (Lipinski definition) is 3. The predicted octanol–water partition coefficient (Wildman–Crippen LogP) is 5.92. The molecular weight excluding hydrogens is 571 g/mol. The molecule has 1 fully saturated rings. The summed E-state index contributed by atoms with van der Waals surface area (Å²) < 4.78 is 87.7. The second-order valence-corrected chi connectivity index (χ2v) is 10.0. The van der Waals surface area contributed by atoms with Gasteiger partial charge in [0.05, 0.1) is 16.8 Å². The number of carboxylic acids is 1. The van der Waals surface area contributed by atoms with Crippen molar-refractivity contribution in [2.75, 3.05) is 25.0 Å². The number of alkyl halides is 6. The number of aromatic nitrogens is 2. The number of aromatic carboxylic acids is 1. The van der Waals surface area contributed by atoms with Gasteiger partial charge in [0.15, 0.2) is 0 Å². The summed E-state index contributed by atoms with van der Waals surface area (Å²) in [5.41, 5.74) is -1.10. The normalized spacial score (nSPS) is 17.5. The number of rotatable bonds is 5. The van der Waals surface area contributed by atoms with Gasteiger partial charge in [-0.2, -0.15) is 26.3 Å². The molecule has 1 aromatic heterocycles. The van der Waals surface area contributed by atoms with Gasteiger partial charge < -0.3 is 20.6 Å². The Morgan fingerprint density at radius 2 is 1.60 bits per heavy atom. The minimum Gasteiger partial charge on any atom is -0.478 e. The van der Waals surface area contributed by atoms with E-state index in [2.05, 4.69) is 34.4 Å². The third kappa shape index (κ3) is 8.38. The summed E-state index contributed by atoms with van der Waals surface area (Å²) in [6.45, 7) is 7.31. The average Bonchev–Trinajstić information content (AvgIpc) is 2.87. The molecule has 1 aliphatic heterocycles. The number of nitrogens with zero attached hydrogens (tertiary/aromatic N) is 3. The number of hydrogen-bond acceptors (Lipinski definition) is 6. The number of nitrogens with one attached hydrogen (secondary N) is 2. The predicted molar refractivity (Wildman–Crippen MR) is 143 cm³/mol. The maximum atomic E-state index is 13.4. The lowest BCUT2D eigenvalue weighted by Gasteiger charge is -2.36. The zero-order valence-electron chi connectivity index (χ0n) is 23.2. The monoisotopic (exact) mass is 601 g/mol. The molecule has 3 N–H and O–H groups in total. The fraction of sp³-hybridized carbons (Fsp3) is 0.393. The Bertz CT molecular complexity index is 1370. The van der Waals surface area contributed by atoms with E-state index in [-0.39, 0.29) is 41.6 Å². The van der Waals surface area contributed by atoms with Gasteiger partial charge in [0, 0.05) is 43.5 Å². The lowest BCUT2D eigenvalue weighted by atomic mass is 10.0. The smallest absolute Gasteiger partial charge is 0.416 e. The van der Waals surface area contributed by atoms with E-state index in [0.29, 0.717) is 34.9 Å². The highest BCUT2D eigenvalue weighted by Gasteiger charge is 2.36. The van der Waals surface area contributed by atoms with Crippen LogP contribution in [0, 0.1) is 12.7 Å². The standard InChI is InChI=1S/C18H21FN4O2.C10H9F6N/c1-10-6-13(19)4-5-14(10)16-15(17(24)25)7-20-18(22-16)23-8-11(2)21-12(3)9-23;1-17-5-6-2-7(9(11,12)13)4-8(3-6)10(14,15)16/h4-7,11-12,21H,8-9H2,1-3H3,(H,24,25);2-4,17H,5H2,1H3/t11-,12+;. The van der Waals surface area contributed by atoms with E-state index in [1.165, 1.54) is 25.4 Å². The molecule has 2 aromatic carbocycles. The van der Waals surface area contributed by atoms with E-state index in [4.69, 9.17) is 0 Å². The third-order valence-corrected chi connectivity index (χ3v) is 6.32. The van der Waals surface area contributed by atoms with Crippen LogP contribution < -0.4 is 15.5 Å². The largest absolute Gasteiger partial charge is 0.478 e. The first-order chi connectivity index (χ1) is 19.5. The third-order valence-electron chi connectivity index (χ3n) is 6.32. The molecule has 0 unspecified atom stereocenters. The Labute approximate surface area is 237 Å². The summed E-state index contributed by atoms with van der Waals surface area (Å²) in [7, 11) is 1.44. The van der Waals surface area contributed by atoms with Crippen molar-refractivity contribution in [1.82, 2.24) is 20.6 Å². The number of carbonyl (C=O) groups is 1. The van der Waals surface area contributed by atoms with Crippen molar-refractivity contribution < 1.29 is 40.6 Å². The van der Waals surface area contributed by atoms with Crippen molar-refractivity contribution in [2.24, 2.45) is 0 Å². The minimum atomic E-state index is -4.79. The van der Waals surface area contributed by atoms with Gasteiger partial charge in [-0.1, -0.05) is 0 Å². The van der Waals surface area contributed by atoms with Crippen molar-refractivity contribution in [1.29, 1.82) is 0 Å². The molecule has 0 amide bonds. The van der Waals surface area contributed by atoms with Crippen LogP contribution in [0.1, 0.15) is 46.5 Å². The first-order valence-electron chi connectivity index (χ1n) is 12.8. The van der Waals surface area contributed by atoms with Crippen LogP contribution in [0.4, 0.5) is 36.7 Å². The van der Waals surface area contributed by atoms with Gasteiger partial charge in [-0.3, -0.25) is 0 Å². The van der Waals surface area contributed by atoms with Gasteiger partial charge in [-0.05, 0) is 75.3 Å². The Kier molecular flexibility index (Phi) is 10.2. The average molecular weight is 602 g/mol. The van der Waals surface area contributed by atoms with Gasteiger partial charge in [0.2, 0.25) is 5.95 Å². The molecule has 0 aliphatic carbocycles. The molecule has 14 heteroatoms. The van der Waals surface area contributed by atoms with Crippen molar-refractivity contribution in [3.8, 4) is 11.3 Å². The molecule has 7 nitrogen and oxygen atoms in total. The molecule has 0 saturated carbocycles. The summed E-state index contributed by atoms with van der Waals surface area (Å²) in [6, 6.07) is 6.32. The van der Waals surface area contributed by atoms with E-state index in [1.54, 1.807) is 13.0 Å². The van der Waals surface area contributed by atoms with Crippen LogP contribution in [0.3, 0.4) is 0 Å². The van der Waals surface area contributed by atoms with Crippen molar-refractivity contribution in [3.05, 3.63) is 76.2 Å². The first kappa shape index (κ1) is 32.7. The fourth-order valence-corrected chi connectivity index (χ4v) is 4.60. The maximum absolute atomic E-state index is 13.4. The highest BCUT2D eigenvalue weighted by atomic mass is 19.4. The van der Waals surface area contributed by atoms with Gasteiger partial charge in [-0.15, -0.1) is 0 Å². The minimum absolute atomic E-state index is 0.00897. The fourth-order valence-electron chi connectivity index (χ4n) is 4.60. The Balaban J connectivity index is 0.000000250. The van der Waals surface area contributed by atoms with Crippen LogP contribution in [-0.2, 0) is 18.9 Å². The number of benzene rings is 2. The van der Waals surface area contributed by atoms with Crippen LogP contribution in [0.5, 0.6) is 0 Å². The number of halogens is 7. The number of aryl methyl sites for hydroxylation is 1. The van der Waals surface area contributed by atoms with Crippen LogP contribution in [0.15, 0.2) is 42.6 Å². The number of carboxylic acid groups (broad SMARTS) is 1. The molecule has 4 rings (SSSR count). The molecule has 2 heterocycles. The maximum Gasteiger partial charge on any atom is 0.416 e. The summed E-state index contributed by atoms with van der Waals surface area (Å²) >= 11 is 0. The van der Waals surface area contributed by atoms with Gasteiger partial charge in [-0.25, -0.2) is 19.2 Å². The zero-order chi connectivity index (χ0) is 31.4. The Morgan fingerprint density at radius 3 is 2.07 bits per heavy atom. The second-order valence-electron chi connectivity index (χ2n) is 10.0. The van der Waals surface area contributed by atoms with Gasteiger partial charge in [0.1, 0.15) is 11.4 Å². The Hall–Kier alpha value is -3.78. The second kappa shape index (κ2) is 13.0. The van der Waals surface area contributed by atoms with E-state index in [9.17, 15) is 40.6 Å². The van der Waals surface area contributed by atoms with Crippen LogP contribution in [0.2, 0.25) is 0 Å². The molecule has 2 atom stereocenters. The lowest BCUT2D eigenvalue weighted by molar-refractivity contribution is -0.143. The van der Waals surface area contributed by atoms with E-state index in [1.807, 2.05) is 4.90 Å². The van der Waals surface area contributed by atoms with Crippen molar-refractivity contribution in [2.45, 2.75) is 51.8 Å². The summed E-state index contributed by atoms with van der Waals surface area (Å²) in [5, 5.41) is 15.4. The van der Waals surface area contributed by atoms with E-state index in [0.717, 1.165) is 13.1 Å². The molecule has 1 aliphatic rings. The highest BCUT2D eigenvalue weighted by molar-refractivity contribution is 5.95. The Morgan fingerprint density at radius 1 is 1.02 bits per heavy atom. The SMILES string of the molecule is CNCc1cc(C(F)(F)F)cc(C(F)(F)F)c1.Cc1cc(F)ccc1-c1nc(N2C[C@@H](C)N[C@@H](C)C2)ncc1C(=O)O. The van der Waals surface area contributed by atoms with Crippen LogP contribution in [0.25, 0.3) is 11.3 Å². The summed E-state index contributed by atoms with van der Waals surface area (Å²) in [5.74, 6) is -0.978. The molecule has 3 aromatic rings. The number of piperazine rings is 1. The van der Waals surface area contributed by atoms with E-state index < -0.39 is 29.4 Å². The lowest BCUT2D eigenvalue weighted by Crippen LogP contribution is -2.54. The van der Waals surface area contributed by atoms with Crippen LogP contribution in [-0.4, -0.2) is 53.3 Å². The molecule has 1 saturated heterocycles. The molecule has 228 valence electrons. The molecule has 0 radical (unpaired) electrons.